The Balaban J connectivity index is 1.98. The van der Waals surface area contributed by atoms with Gasteiger partial charge in [-0.2, -0.15) is 0 Å². The number of likely N-dealkylation sites (N-methyl/N-ethyl adjacent to an activating group) is 2. The first-order valence-corrected chi connectivity index (χ1v) is 19.9. The second kappa shape index (κ2) is 22.7. The van der Waals surface area contributed by atoms with Gasteiger partial charge in [-0.3, -0.25) is 38.6 Å². The van der Waals surface area contributed by atoms with Crippen LogP contribution in [-0.4, -0.2) is 96.5 Å². The summed E-state index contributed by atoms with van der Waals surface area (Å²) in [6.45, 7) is 13.6. The first kappa shape index (κ1) is 48.1. The van der Waals surface area contributed by atoms with Crippen molar-refractivity contribution in [3.8, 4) is 0 Å². The van der Waals surface area contributed by atoms with Crippen LogP contribution in [0.1, 0.15) is 105 Å². The number of amides is 8. The van der Waals surface area contributed by atoms with Crippen molar-refractivity contribution in [3.63, 3.8) is 0 Å². The monoisotopic (exact) mass is 799 g/mol. The fraction of sp³-hybridized carbons (Fsp3) is 0.659. The minimum Gasteiger partial charge on any atom is -0.445 e. The molecule has 318 valence electrons. The number of rotatable bonds is 22. The molecule has 0 aromatic heterocycles. The average molecular weight is 800 g/mol. The molecular weight excluding hydrogens is 734 g/mol. The lowest BCUT2D eigenvalue weighted by atomic mass is 9.80. The van der Waals surface area contributed by atoms with E-state index in [2.05, 4.69) is 21.3 Å². The standard InChI is InChI=1S/C41H65N7O9/c1-25(2)34(46-32(50)15-11-10-12-21-48-33(51)23-30(38(48)54)41(5,6)7)31(49)22-28(14-13-20-44-39(42)55)36(52)45-29-18-16-27(17-19-29)24-57-40(56)47(9)35(26(3)4)37(53)43-8/h16-19,25-26,28,30,34-35H,10-15,20-24H2,1-9H3,(H,43,53)(H,45,52)(H,46,50)(H3,42,44,55)/t28-,30?,34+,35+/m1/s1. The van der Waals surface area contributed by atoms with Crippen molar-refractivity contribution >= 4 is 53.1 Å². The molecule has 57 heavy (non-hydrogen) atoms. The third kappa shape index (κ3) is 15.4. The van der Waals surface area contributed by atoms with Crippen LogP contribution < -0.4 is 27.0 Å². The van der Waals surface area contributed by atoms with E-state index in [-0.39, 0.29) is 91.4 Å². The number of anilines is 1. The summed E-state index contributed by atoms with van der Waals surface area (Å²) in [5.41, 5.74) is 5.98. The molecule has 2 rings (SSSR count). The van der Waals surface area contributed by atoms with Crippen LogP contribution in [0.4, 0.5) is 15.3 Å². The number of benzene rings is 1. The zero-order valence-electron chi connectivity index (χ0n) is 35.2. The van der Waals surface area contributed by atoms with E-state index in [1.54, 1.807) is 24.3 Å². The number of nitrogens with zero attached hydrogens (tertiary/aromatic N) is 2. The maximum atomic E-state index is 13.6. The lowest BCUT2D eigenvalue weighted by Gasteiger charge is -2.28. The van der Waals surface area contributed by atoms with E-state index < -0.39 is 36.0 Å². The summed E-state index contributed by atoms with van der Waals surface area (Å²) in [6.07, 6.45) is 1.88. The summed E-state index contributed by atoms with van der Waals surface area (Å²) in [5.74, 6) is -3.15. The molecular formula is C41H65N7O9. The number of unbranched alkanes of at least 4 members (excludes halogenated alkanes) is 2. The first-order chi connectivity index (χ1) is 26.7. The number of ether oxygens (including phenoxy) is 1. The van der Waals surface area contributed by atoms with E-state index in [0.717, 1.165) is 0 Å². The van der Waals surface area contributed by atoms with E-state index in [4.69, 9.17) is 10.5 Å². The maximum Gasteiger partial charge on any atom is 0.410 e. The molecule has 4 atom stereocenters. The van der Waals surface area contributed by atoms with Gasteiger partial charge in [0, 0.05) is 58.1 Å². The summed E-state index contributed by atoms with van der Waals surface area (Å²) < 4.78 is 5.42. The first-order valence-electron chi connectivity index (χ1n) is 19.9. The van der Waals surface area contributed by atoms with Gasteiger partial charge in [-0.15, -0.1) is 0 Å². The number of ketones is 1. The van der Waals surface area contributed by atoms with Crippen molar-refractivity contribution < 1.29 is 43.1 Å². The van der Waals surface area contributed by atoms with Gasteiger partial charge in [0.15, 0.2) is 5.78 Å². The highest BCUT2D eigenvalue weighted by atomic mass is 16.6. The molecule has 6 N–H and O–H groups in total. The molecule has 1 aliphatic heterocycles. The molecule has 8 amide bonds. The van der Waals surface area contributed by atoms with Gasteiger partial charge in [-0.25, -0.2) is 9.59 Å². The number of likely N-dealkylation sites (tertiary alicyclic amines) is 1. The van der Waals surface area contributed by atoms with Gasteiger partial charge >= 0.3 is 12.1 Å². The Kier molecular flexibility index (Phi) is 19.1. The van der Waals surface area contributed by atoms with Crippen LogP contribution in [0.25, 0.3) is 0 Å². The van der Waals surface area contributed by atoms with Crippen LogP contribution in [0.2, 0.25) is 0 Å². The number of hydrogen-bond acceptors (Lipinski definition) is 9. The summed E-state index contributed by atoms with van der Waals surface area (Å²) in [6, 6.07) is 4.39. The summed E-state index contributed by atoms with van der Waals surface area (Å²) in [5, 5.41) is 10.7. The fourth-order valence-corrected chi connectivity index (χ4v) is 6.81. The van der Waals surface area contributed by atoms with Gasteiger partial charge in [0.1, 0.15) is 12.6 Å². The second-order valence-corrected chi connectivity index (χ2v) is 16.6. The highest BCUT2D eigenvalue weighted by Gasteiger charge is 2.44. The molecule has 0 saturated carbocycles. The van der Waals surface area contributed by atoms with Crippen LogP contribution in [0.3, 0.4) is 0 Å². The number of carbonyl (C=O) groups excluding carboxylic acids is 8. The number of Topliss-reactive ketones (excluding diaryl/α,β-unsaturated/α-hetero) is 1. The Morgan fingerprint density at radius 2 is 1.58 bits per heavy atom. The third-order valence-corrected chi connectivity index (χ3v) is 10.2. The van der Waals surface area contributed by atoms with Gasteiger partial charge in [0.2, 0.25) is 29.5 Å². The molecule has 1 fully saturated rings. The van der Waals surface area contributed by atoms with Crippen molar-refractivity contribution in [1.82, 2.24) is 25.8 Å². The average Bonchev–Trinajstić information content (AvgIpc) is 3.43. The number of primary amides is 1. The molecule has 0 spiro atoms. The van der Waals surface area contributed by atoms with E-state index in [0.29, 0.717) is 43.5 Å². The summed E-state index contributed by atoms with van der Waals surface area (Å²) in [7, 11) is 3.00. The molecule has 1 aromatic rings. The number of imide groups is 1. The quantitative estimate of drug-likeness (QED) is 0.0839. The van der Waals surface area contributed by atoms with Crippen molar-refractivity contribution in [2.24, 2.45) is 34.8 Å². The molecule has 0 radical (unpaired) electrons. The van der Waals surface area contributed by atoms with Crippen molar-refractivity contribution in [2.45, 2.75) is 119 Å². The minimum atomic E-state index is -0.834. The normalized spacial score (nSPS) is 15.8. The number of nitrogens with one attached hydrogen (secondary N) is 4. The van der Waals surface area contributed by atoms with Gasteiger partial charge in [0.25, 0.3) is 0 Å². The predicted octanol–water partition coefficient (Wildman–Crippen LogP) is 4.11. The van der Waals surface area contributed by atoms with Crippen LogP contribution in [0.15, 0.2) is 24.3 Å². The van der Waals surface area contributed by atoms with E-state index >= 15 is 0 Å². The molecule has 16 heteroatoms. The largest absolute Gasteiger partial charge is 0.445 e. The molecule has 16 nitrogen and oxygen atoms in total. The molecule has 1 aromatic carbocycles. The zero-order chi connectivity index (χ0) is 43.0. The van der Waals surface area contributed by atoms with Crippen LogP contribution >= 0.6 is 0 Å². The zero-order valence-corrected chi connectivity index (χ0v) is 35.2. The van der Waals surface area contributed by atoms with Crippen molar-refractivity contribution in [2.75, 3.05) is 32.5 Å². The maximum absolute atomic E-state index is 13.6. The van der Waals surface area contributed by atoms with E-state index in [9.17, 15) is 38.4 Å². The molecule has 1 saturated heterocycles. The Morgan fingerprint density at radius 1 is 0.930 bits per heavy atom. The number of nitrogens with two attached hydrogens (primary N) is 1. The van der Waals surface area contributed by atoms with Crippen LogP contribution in [0.5, 0.6) is 0 Å². The van der Waals surface area contributed by atoms with Crippen molar-refractivity contribution in [3.05, 3.63) is 29.8 Å². The van der Waals surface area contributed by atoms with Crippen LogP contribution in [0, 0.1) is 29.1 Å². The lowest BCUT2D eigenvalue weighted by Crippen LogP contribution is -2.49. The predicted molar refractivity (Wildman–Crippen MR) is 215 cm³/mol. The Labute approximate surface area is 337 Å². The minimum absolute atomic E-state index is 0.0685. The Morgan fingerprint density at radius 3 is 2.12 bits per heavy atom. The number of carbonyl (C=O) groups is 8. The second-order valence-electron chi connectivity index (χ2n) is 16.6. The summed E-state index contributed by atoms with van der Waals surface area (Å²) in [4.78, 5) is 104. The van der Waals surface area contributed by atoms with Gasteiger partial charge < -0.3 is 31.7 Å². The van der Waals surface area contributed by atoms with Crippen molar-refractivity contribution in [1.29, 1.82) is 0 Å². The SMILES string of the molecule is CNC(=O)[C@H](C(C)C)N(C)C(=O)OCc1ccc(NC(=O)[C@H](CCCNC(N)=O)CC(=O)[C@@H](NC(=O)CCCCCN2C(=O)CC(C(C)(C)C)C2=O)C(C)C)cc1. The molecule has 0 bridgehead atoms. The highest BCUT2D eigenvalue weighted by Crippen LogP contribution is 2.35. The fourth-order valence-electron chi connectivity index (χ4n) is 6.81. The van der Waals surface area contributed by atoms with E-state index in [1.165, 1.54) is 23.9 Å². The summed E-state index contributed by atoms with van der Waals surface area (Å²) >= 11 is 0. The highest BCUT2D eigenvalue weighted by molar-refractivity contribution is 6.04. The van der Waals surface area contributed by atoms with Crippen LogP contribution in [-0.2, 0) is 40.1 Å². The number of hydrogen-bond donors (Lipinski definition) is 5. The van der Waals surface area contributed by atoms with Gasteiger partial charge in [0.05, 0.1) is 12.0 Å². The van der Waals surface area contributed by atoms with Gasteiger partial charge in [-0.05, 0) is 60.6 Å². The molecule has 1 unspecified atom stereocenters. The Hall–Kier alpha value is -5.02. The third-order valence-electron chi connectivity index (χ3n) is 10.2. The Bertz CT molecular complexity index is 1570. The molecule has 1 heterocycles. The molecule has 0 aliphatic carbocycles. The number of urea groups is 1. The topological polar surface area (TPSA) is 226 Å². The van der Waals surface area contributed by atoms with Gasteiger partial charge in [-0.1, -0.05) is 67.0 Å². The lowest BCUT2D eigenvalue weighted by molar-refractivity contribution is -0.140. The molecule has 1 aliphatic rings. The smallest absolute Gasteiger partial charge is 0.410 e. The van der Waals surface area contributed by atoms with E-state index in [1.807, 2.05) is 48.5 Å².